The molecule has 20 heavy (non-hydrogen) atoms. The van der Waals surface area contributed by atoms with Crippen LogP contribution in [0.4, 0.5) is 0 Å². The second-order valence-electron chi connectivity index (χ2n) is 5.89. The van der Waals surface area contributed by atoms with E-state index in [2.05, 4.69) is 30.8 Å². The quantitative estimate of drug-likeness (QED) is 0.834. The Morgan fingerprint density at radius 1 is 1.25 bits per heavy atom. The molecule has 4 nitrogen and oxygen atoms in total. The summed E-state index contributed by atoms with van der Waals surface area (Å²) in [6.45, 7) is 9.65. The molecule has 1 atom stereocenters. The molecule has 4 heteroatoms. The highest BCUT2D eigenvalue weighted by Gasteiger charge is 2.43. The summed E-state index contributed by atoms with van der Waals surface area (Å²) in [6, 6.07) is 1.98. The zero-order chi connectivity index (χ0) is 14.6. The van der Waals surface area contributed by atoms with Crippen LogP contribution in [0.3, 0.4) is 0 Å². The zero-order valence-electron chi connectivity index (χ0n) is 13.2. The zero-order valence-corrected chi connectivity index (χ0v) is 13.2. The molecule has 0 radical (unpaired) electrons. The third kappa shape index (κ3) is 2.63. The molecule has 1 unspecified atom stereocenters. The molecule has 0 saturated carbocycles. The number of nitrogens with zero attached hydrogens (tertiary/aromatic N) is 3. The molecule has 0 bridgehead atoms. The Balaban J connectivity index is 2.30. The SMILES string of the molecule is CCCn1nccc1C(O)C(CC)(CC)N1CCCC1. The van der Waals surface area contributed by atoms with Gasteiger partial charge in [-0.05, 0) is 51.3 Å². The van der Waals surface area contributed by atoms with Crippen molar-refractivity contribution in [2.45, 2.75) is 71.1 Å². The summed E-state index contributed by atoms with van der Waals surface area (Å²) in [5.74, 6) is 0. The highest BCUT2D eigenvalue weighted by molar-refractivity contribution is 5.13. The van der Waals surface area contributed by atoms with Crippen LogP contribution < -0.4 is 0 Å². The number of aryl methyl sites for hydroxylation is 1. The largest absolute Gasteiger partial charge is 0.385 e. The van der Waals surface area contributed by atoms with Crippen molar-refractivity contribution in [3.8, 4) is 0 Å². The lowest BCUT2D eigenvalue weighted by Gasteiger charge is -2.44. The van der Waals surface area contributed by atoms with Gasteiger partial charge in [-0.15, -0.1) is 0 Å². The first kappa shape index (κ1) is 15.5. The van der Waals surface area contributed by atoms with Crippen LogP contribution in [0.2, 0.25) is 0 Å². The van der Waals surface area contributed by atoms with Gasteiger partial charge >= 0.3 is 0 Å². The molecule has 2 heterocycles. The molecule has 1 aromatic rings. The van der Waals surface area contributed by atoms with Crippen LogP contribution in [0.25, 0.3) is 0 Å². The van der Waals surface area contributed by atoms with Crippen molar-refractivity contribution < 1.29 is 5.11 Å². The summed E-state index contributed by atoms with van der Waals surface area (Å²) in [4.78, 5) is 2.50. The first-order valence-corrected chi connectivity index (χ1v) is 8.14. The van der Waals surface area contributed by atoms with Gasteiger partial charge in [-0.3, -0.25) is 9.58 Å². The van der Waals surface area contributed by atoms with Crippen LogP contribution in [-0.4, -0.2) is 38.4 Å². The van der Waals surface area contributed by atoms with Crippen LogP contribution in [0, 0.1) is 0 Å². The van der Waals surface area contributed by atoms with Crippen LogP contribution in [0.5, 0.6) is 0 Å². The van der Waals surface area contributed by atoms with Crippen molar-refractivity contribution in [3.63, 3.8) is 0 Å². The Morgan fingerprint density at radius 3 is 2.45 bits per heavy atom. The van der Waals surface area contributed by atoms with E-state index in [-0.39, 0.29) is 5.54 Å². The average molecular weight is 279 g/mol. The molecule has 1 fully saturated rings. The highest BCUT2D eigenvalue weighted by atomic mass is 16.3. The molecule has 0 aromatic carbocycles. The lowest BCUT2D eigenvalue weighted by atomic mass is 9.83. The van der Waals surface area contributed by atoms with Gasteiger partial charge in [-0.25, -0.2) is 0 Å². The van der Waals surface area contributed by atoms with E-state index < -0.39 is 6.10 Å². The monoisotopic (exact) mass is 279 g/mol. The van der Waals surface area contributed by atoms with Gasteiger partial charge in [0, 0.05) is 12.7 Å². The molecule has 1 aromatic heterocycles. The van der Waals surface area contributed by atoms with E-state index in [1.165, 1.54) is 12.8 Å². The fraction of sp³-hybridized carbons (Fsp3) is 0.812. The first-order chi connectivity index (χ1) is 9.69. The molecule has 1 aliphatic heterocycles. The molecular weight excluding hydrogens is 250 g/mol. The number of hydrogen-bond donors (Lipinski definition) is 1. The van der Waals surface area contributed by atoms with Gasteiger partial charge in [0.25, 0.3) is 0 Å². The topological polar surface area (TPSA) is 41.3 Å². The molecule has 1 N–H and O–H groups in total. The van der Waals surface area contributed by atoms with Crippen LogP contribution in [0.15, 0.2) is 12.3 Å². The average Bonchev–Trinajstić information content (AvgIpc) is 3.12. The van der Waals surface area contributed by atoms with E-state index >= 15 is 0 Å². The Morgan fingerprint density at radius 2 is 1.90 bits per heavy atom. The molecular formula is C16H29N3O. The molecule has 1 aliphatic rings. The minimum atomic E-state index is -0.454. The third-order valence-electron chi connectivity index (χ3n) is 4.93. The van der Waals surface area contributed by atoms with Crippen LogP contribution in [0.1, 0.15) is 64.7 Å². The Bertz CT molecular complexity index is 406. The van der Waals surface area contributed by atoms with Gasteiger partial charge in [0.2, 0.25) is 0 Å². The minimum Gasteiger partial charge on any atom is -0.385 e. The van der Waals surface area contributed by atoms with E-state index in [1.54, 1.807) is 0 Å². The summed E-state index contributed by atoms with van der Waals surface area (Å²) < 4.78 is 1.97. The molecule has 114 valence electrons. The maximum Gasteiger partial charge on any atom is 0.114 e. The Labute approximate surface area is 122 Å². The summed E-state index contributed by atoms with van der Waals surface area (Å²) in [6.07, 6.45) is 6.85. The van der Waals surface area contributed by atoms with Gasteiger partial charge in [0.1, 0.15) is 6.10 Å². The van der Waals surface area contributed by atoms with E-state index in [0.29, 0.717) is 0 Å². The Kier molecular flexibility index (Phi) is 5.22. The van der Waals surface area contributed by atoms with E-state index in [0.717, 1.165) is 44.6 Å². The van der Waals surface area contributed by atoms with Gasteiger partial charge in [0.15, 0.2) is 0 Å². The highest BCUT2D eigenvalue weighted by Crippen LogP contribution is 2.39. The van der Waals surface area contributed by atoms with Gasteiger partial charge in [-0.2, -0.15) is 5.10 Å². The van der Waals surface area contributed by atoms with Crippen LogP contribution in [-0.2, 0) is 6.54 Å². The second-order valence-corrected chi connectivity index (χ2v) is 5.89. The lowest BCUT2D eigenvalue weighted by molar-refractivity contribution is -0.0339. The molecule has 0 amide bonds. The fourth-order valence-corrected chi connectivity index (χ4v) is 3.67. The van der Waals surface area contributed by atoms with Crippen molar-refractivity contribution in [1.29, 1.82) is 0 Å². The van der Waals surface area contributed by atoms with Gasteiger partial charge in [-0.1, -0.05) is 20.8 Å². The first-order valence-electron chi connectivity index (χ1n) is 8.14. The van der Waals surface area contributed by atoms with Crippen LogP contribution >= 0.6 is 0 Å². The predicted molar refractivity (Wildman–Crippen MR) is 81.6 cm³/mol. The molecule has 1 saturated heterocycles. The number of rotatable bonds is 7. The van der Waals surface area contributed by atoms with Gasteiger partial charge in [0.05, 0.1) is 11.2 Å². The third-order valence-corrected chi connectivity index (χ3v) is 4.93. The standard InChI is InChI=1S/C16H29N3O/c1-4-11-19-14(9-10-17-19)15(20)16(5-2,6-3)18-12-7-8-13-18/h9-10,15,20H,4-8,11-13H2,1-3H3. The van der Waals surface area contributed by atoms with Crippen molar-refractivity contribution in [1.82, 2.24) is 14.7 Å². The number of hydrogen-bond acceptors (Lipinski definition) is 3. The minimum absolute atomic E-state index is 0.137. The number of aromatic nitrogens is 2. The van der Waals surface area contributed by atoms with Crippen molar-refractivity contribution in [2.24, 2.45) is 0 Å². The predicted octanol–water partition coefficient (Wildman–Crippen LogP) is 2.98. The van der Waals surface area contributed by atoms with Crippen molar-refractivity contribution in [3.05, 3.63) is 18.0 Å². The molecule has 2 rings (SSSR count). The lowest BCUT2D eigenvalue weighted by Crippen LogP contribution is -2.51. The number of aliphatic hydroxyl groups excluding tert-OH is 1. The fourth-order valence-electron chi connectivity index (χ4n) is 3.67. The summed E-state index contributed by atoms with van der Waals surface area (Å²) in [7, 11) is 0. The number of aliphatic hydroxyl groups is 1. The van der Waals surface area contributed by atoms with Gasteiger partial charge < -0.3 is 5.11 Å². The maximum absolute atomic E-state index is 11.1. The van der Waals surface area contributed by atoms with E-state index in [1.807, 2.05) is 16.9 Å². The second kappa shape index (κ2) is 6.72. The smallest absolute Gasteiger partial charge is 0.114 e. The normalized spacial score (nSPS) is 18.6. The van der Waals surface area contributed by atoms with E-state index in [9.17, 15) is 5.11 Å². The maximum atomic E-state index is 11.1. The van der Waals surface area contributed by atoms with Crippen molar-refractivity contribution >= 4 is 0 Å². The summed E-state index contributed by atoms with van der Waals surface area (Å²) in [5, 5.41) is 15.5. The van der Waals surface area contributed by atoms with Crippen molar-refractivity contribution in [2.75, 3.05) is 13.1 Å². The Hall–Kier alpha value is -0.870. The van der Waals surface area contributed by atoms with E-state index in [4.69, 9.17) is 0 Å². The summed E-state index contributed by atoms with van der Waals surface area (Å²) in [5.41, 5.74) is 0.838. The molecule has 0 spiro atoms. The summed E-state index contributed by atoms with van der Waals surface area (Å²) >= 11 is 0. The number of likely N-dealkylation sites (tertiary alicyclic amines) is 1. The molecule has 0 aliphatic carbocycles.